The van der Waals surface area contributed by atoms with Gasteiger partial charge in [0.05, 0.1) is 0 Å². The Hall–Kier alpha value is -2.00. The van der Waals surface area contributed by atoms with Gasteiger partial charge in [-0.15, -0.1) is 0 Å². The number of hydrogen-bond acceptors (Lipinski definition) is 2. The number of rotatable bonds is 4. The molecule has 0 radical (unpaired) electrons. The van der Waals surface area contributed by atoms with E-state index in [4.69, 9.17) is 17.3 Å². The van der Waals surface area contributed by atoms with Crippen LogP contribution in [0.2, 0.25) is 5.02 Å². The fourth-order valence-corrected chi connectivity index (χ4v) is 3.69. The van der Waals surface area contributed by atoms with Gasteiger partial charge in [0.1, 0.15) is 6.04 Å². The molecule has 23 heavy (non-hydrogen) atoms. The molecule has 1 amide bonds. The molecule has 1 atom stereocenters. The summed E-state index contributed by atoms with van der Waals surface area (Å²) in [6, 6.07) is 15.5. The number of nitrogens with two attached hydrogens (primary N) is 1. The van der Waals surface area contributed by atoms with Crippen LogP contribution >= 0.6 is 11.6 Å². The van der Waals surface area contributed by atoms with Gasteiger partial charge in [0.25, 0.3) is 0 Å². The van der Waals surface area contributed by atoms with E-state index in [1.807, 2.05) is 36.4 Å². The van der Waals surface area contributed by atoms with Gasteiger partial charge in [-0.3, -0.25) is 4.79 Å². The molecule has 3 nitrogen and oxygen atoms in total. The highest BCUT2D eigenvalue weighted by atomic mass is 35.5. The minimum atomic E-state index is -0.423. The second-order valence-electron chi connectivity index (χ2n) is 6.61. The molecule has 1 aliphatic heterocycles. The number of benzene rings is 2. The molecule has 2 aromatic carbocycles. The van der Waals surface area contributed by atoms with Crippen LogP contribution in [0, 0.1) is 0 Å². The largest absolute Gasteiger partial charge is 0.368 e. The van der Waals surface area contributed by atoms with Crippen molar-refractivity contribution in [1.29, 1.82) is 0 Å². The number of fused-ring (bicyclic) bond motifs is 1. The molecule has 0 saturated heterocycles. The number of amides is 1. The predicted octanol–water partition coefficient (Wildman–Crippen LogP) is 3.53. The first kappa shape index (κ1) is 15.9. The lowest BCUT2D eigenvalue weighted by Gasteiger charge is -2.40. The third kappa shape index (κ3) is 2.81. The Morgan fingerprint density at radius 2 is 1.83 bits per heavy atom. The Bertz CT molecular complexity index is 724. The van der Waals surface area contributed by atoms with Crippen LogP contribution in [0.4, 0.5) is 5.69 Å². The third-order valence-electron chi connectivity index (χ3n) is 4.78. The van der Waals surface area contributed by atoms with Crippen molar-refractivity contribution in [3.63, 3.8) is 0 Å². The Labute approximate surface area is 142 Å². The average Bonchev–Trinajstić information content (AvgIpc) is 2.91. The number of anilines is 1. The fraction of sp³-hybridized carbons (Fsp3) is 0.316. The summed E-state index contributed by atoms with van der Waals surface area (Å²) in [5, 5.41) is 0.687. The molecule has 120 valence electrons. The molecule has 0 aliphatic carbocycles. The monoisotopic (exact) mass is 328 g/mol. The van der Waals surface area contributed by atoms with Crippen molar-refractivity contribution in [3.8, 4) is 0 Å². The van der Waals surface area contributed by atoms with E-state index < -0.39 is 11.5 Å². The van der Waals surface area contributed by atoms with Crippen molar-refractivity contribution >= 4 is 23.2 Å². The Morgan fingerprint density at radius 3 is 2.48 bits per heavy atom. The number of carbonyl (C=O) groups excluding carboxylic acids is 1. The van der Waals surface area contributed by atoms with Crippen LogP contribution in [0.5, 0.6) is 0 Å². The standard InChI is InChI=1S/C19H21ClN2O/c1-19(2,14-7-9-15(20)10-8-14)17(18(21)23)22-12-11-13-5-3-4-6-16(13)22/h3-10,17H,11-12H2,1-2H3,(H2,21,23). The van der Waals surface area contributed by atoms with Crippen LogP contribution < -0.4 is 10.6 Å². The zero-order valence-corrected chi connectivity index (χ0v) is 14.2. The number of para-hydroxylation sites is 1. The van der Waals surface area contributed by atoms with Gasteiger partial charge >= 0.3 is 0 Å². The highest BCUT2D eigenvalue weighted by molar-refractivity contribution is 6.30. The van der Waals surface area contributed by atoms with Crippen LogP contribution in [-0.4, -0.2) is 18.5 Å². The molecule has 1 unspecified atom stereocenters. The quantitative estimate of drug-likeness (QED) is 0.933. The normalized spacial score (nSPS) is 15.3. The van der Waals surface area contributed by atoms with E-state index in [0.29, 0.717) is 5.02 Å². The minimum Gasteiger partial charge on any atom is -0.368 e. The van der Waals surface area contributed by atoms with Crippen LogP contribution in [-0.2, 0) is 16.6 Å². The van der Waals surface area contributed by atoms with Gasteiger partial charge in [0.15, 0.2) is 0 Å². The van der Waals surface area contributed by atoms with E-state index in [-0.39, 0.29) is 5.91 Å². The lowest BCUT2D eigenvalue weighted by molar-refractivity contribution is -0.120. The molecule has 0 aromatic heterocycles. The molecule has 0 fully saturated rings. The first-order valence-corrected chi connectivity index (χ1v) is 8.19. The van der Waals surface area contributed by atoms with Crippen LogP contribution in [0.3, 0.4) is 0 Å². The van der Waals surface area contributed by atoms with Gasteiger partial charge < -0.3 is 10.6 Å². The first-order chi connectivity index (χ1) is 10.9. The van der Waals surface area contributed by atoms with Crippen molar-refractivity contribution in [1.82, 2.24) is 0 Å². The molecule has 1 aliphatic rings. The number of halogens is 1. The summed E-state index contributed by atoms with van der Waals surface area (Å²) in [5.41, 5.74) is 8.83. The van der Waals surface area contributed by atoms with Crippen molar-refractivity contribution < 1.29 is 4.79 Å². The second kappa shape index (κ2) is 5.89. The van der Waals surface area contributed by atoms with Crippen molar-refractivity contribution in [2.45, 2.75) is 31.7 Å². The molecule has 3 rings (SSSR count). The lowest BCUT2D eigenvalue weighted by Crippen LogP contribution is -2.55. The highest BCUT2D eigenvalue weighted by Gasteiger charge is 2.41. The molecular formula is C19H21ClN2O. The molecule has 0 spiro atoms. The fourth-order valence-electron chi connectivity index (χ4n) is 3.57. The van der Waals surface area contributed by atoms with E-state index in [1.165, 1.54) is 5.56 Å². The molecule has 4 heteroatoms. The van der Waals surface area contributed by atoms with Crippen LogP contribution in [0.1, 0.15) is 25.0 Å². The SMILES string of the molecule is CC(C)(c1ccc(Cl)cc1)C(C(N)=O)N1CCc2ccccc21. The van der Waals surface area contributed by atoms with Gasteiger partial charge in [-0.05, 0) is 35.7 Å². The number of carbonyl (C=O) groups is 1. The Kier molecular flexibility index (Phi) is 4.07. The van der Waals surface area contributed by atoms with E-state index in [9.17, 15) is 4.79 Å². The summed E-state index contributed by atoms with van der Waals surface area (Å²) in [6.07, 6.45) is 0.941. The molecule has 2 N–H and O–H groups in total. The molecule has 0 bridgehead atoms. The number of hydrogen-bond donors (Lipinski definition) is 1. The molecule has 1 heterocycles. The van der Waals surface area contributed by atoms with Gasteiger partial charge in [-0.1, -0.05) is 55.8 Å². The van der Waals surface area contributed by atoms with Crippen LogP contribution in [0.25, 0.3) is 0 Å². The zero-order valence-electron chi connectivity index (χ0n) is 13.4. The summed E-state index contributed by atoms with van der Waals surface area (Å²) in [7, 11) is 0. The van der Waals surface area contributed by atoms with E-state index >= 15 is 0 Å². The molecule has 2 aromatic rings. The zero-order chi connectivity index (χ0) is 16.6. The van der Waals surface area contributed by atoms with E-state index in [1.54, 1.807) is 0 Å². The first-order valence-electron chi connectivity index (χ1n) is 7.81. The second-order valence-corrected chi connectivity index (χ2v) is 7.04. The van der Waals surface area contributed by atoms with E-state index in [0.717, 1.165) is 24.2 Å². The summed E-state index contributed by atoms with van der Waals surface area (Å²) in [6.45, 7) is 4.93. The molecular weight excluding hydrogens is 308 g/mol. The smallest absolute Gasteiger partial charge is 0.241 e. The summed E-state index contributed by atoms with van der Waals surface area (Å²) in [5.74, 6) is -0.304. The lowest BCUT2D eigenvalue weighted by atomic mass is 9.76. The Balaban J connectivity index is 2.02. The Morgan fingerprint density at radius 1 is 1.17 bits per heavy atom. The topological polar surface area (TPSA) is 46.3 Å². The van der Waals surface area contributed by atoms with Crippen molar-refractivity contribution in [2.24, 2.45) is 5.73 Å². The maximum absolute atomic E-state index is 12.3. The molecule has 0 saturated carbocycles. The number of primary amides is 1. The predicted molar refractivity (Wildman–Crippen MR) is 95.0 cm³/mol. The number of nitrogens with zero attached hydrogens (tertiary/aromatic N) is 1. The maximum atomic E-state index is 12.3. The van der Waals surface area contributed by atoms with E-state index in [2.05, 4.69) is 30.9 Å². The van der Waals surface area contributed by atoms with Gasteiger partial charge in [0, 0.05) is 22.7 Å². The van der Waals surface area contributed by atoms with Gasteiger partial charge in [0.2, 0.25) is 5.91 Å². The summed E-state index contributed by atoms with van der Waals surface area (Å²) in [4.78, 5) is 14.5. The third-order valence-corrected chi connectivity index (χ3v) is 5.03. The van der Waals surface area contributed by atoms with Crippen molar-refractivity contribution in [2.75, 3.05) is 11.4 Å². The highest BCUT2D eigenvalue weighted by Crippen LogP contribution is 2.37. The van der Waals surface area contributed by atoms with Gasteiger partial charge in [-0.25, -0.2) is 0 Å². The van der Waals surface area contributed by atoms with Crippen molar-refractivity contribution in [3.05, 3.63) is 64.7 Å². The van der Waals surface area contributed by atoms with Gasteiger partial charge in [-0.2, -0.15) is 0 Å². The average molecular weight is 329 g/mol. The minimum absolute atomic E-state index is 0.304. The maximum Gasteiger partial charge on any atom is 0.241 e. The summed E-state index contributed by atoms with van der Waals surface area (Å²) < 4.78 is 0. The summed E-state index contributed by atoms with van der Waals surface area (Å²) >= 11 is 6.00. The van der Waals surface area contributed by atoms with Crippen LogP contribution in [0.15, 0.2) is 48.5 Å².